The second-order valence-electron chi connectivity index (χ2n) is 9.87. The molecule has 0 aromatic carbocycles. The first kappa shape index (κ1) is 28.1. The average molecular weight is 630 g/mol. The molecule has 0 saturated heterocycles. The summed E-state index contributed by atoms with van der Waals surface area (Å²) in [7, 11) is 0. The van der Waals surface area contributed by atoms with Gasteiger partial charge in [-0.3, -0.25) is 9.59 Å². The van der Waals surface area contributed by atoms with Crippen LogP contribution < -0.4 is 0 Å². The van der Waals surface area contributed by atoms with Crippen LogP contribution in [-0.2, 0) is 35.3 Å². The van der Waals surface area contributed by atoms with Crippen LogP contribution in [0.15, 0.2) is 12.7 Å². The van der Waals surface area contributed by atoms with E-state index in [0.29, 0.717) is 23.1 Å². The number of aromatic nitrogens is 4. The van der Waals surface area contributed by atoms with Gasteiger partial charge in [-0.25, -0.2) is 19.9 Å². The lowest BCUT2D eigenvalue weighted by molar-refractivity contribution is -0.122. The summed E-state index contributed by atoms with van der Waals surface area (Å²) >= 11 is 27.2. The Labute approximate surface area is 248 Å². The minimum atomic E-state index is -0.421. The van der Waals surface area contributed by atoms with E-state index in [1.807, 2.05) is 13.8 Å². The molecule has 0 spiro atoms. The Morgan fingerprint density at radius 3 is 1.50 bits per heavy atom. The van der Waals surface area contributed by atoms with E-state index in [0.717, 1.165) is 59.0 Å². The van der Waals surface area contributed by atoms with Crippen molar-refractivity contribution >= 4 is 100.0 Å². The van der Waals surface area contributed by atoms with Crippen molar-refractivity contribution in [2.45, 2.75) is 65.2 Å². The number of carbonyl (C=O) groups excluding carboxylic acids is 2. The van der Waals surface area contributed by atoms with Crippen LogP contribution >= 0.6 is 69.1 Å². The first-order chi connectivity index (χ1) is 18.1. The minimum absolute atomic E-state index is 0.227. The maximum Gasteiger partial charge on any atom is 0.228 e. The van der Waals surface area contributed by atoms with Crippen molar-refractivity contribution in [1.82, 2.24) is 19.9 Å². The molecular weight excluding hydrogens is 606 g/mol. The van der Waals surface area contributed by atoms with E-state index in [2.05, 4.69) is 19.9 Å². The van der Waals surface area contributed by atoms with Crippen LogP contribution in [0.25, 0.3) is 20.4 Å². The summed E-state index contributed by atoms with van der Waals surface area (Å²) in [6, 6.07) is 0. The molecule has 6 rings (SSSR count). The van der Waals surface area contributed by atoms with Crippen molar-refractivity contribution in [2.75, 3.05) is 0 Å². The van der Waals surface area contributed by atoms with Crippen LogP contribution in [0.3, 0.4) is 0 Å². The second kappa shape index (κ2) is 10.9. The lowest BCUT2D eigenvalue weighted by Crippen LogP contribution is -2.33. The number of thiophene rings is 2. The second-order valence-corrected chi connectivity index (χ2v) is 13.4. The van der Waals surface area contributed by atoms with Gasteiger partial charge in [0.05, 0.1) is 10.8 Å². The van der Waals surface area contributed by atoms with Gasteiger partial charge in [-0.05, 0) is 85.7 Å². The Bertz CT molecular complexity index is 1460. The molecule has 38 heavy (non-hydrogen) atoms. The molecule has 0 aliphatic heterocycles. The molecule has 6 nitrogen and oxygen atoms in total. The molecule has 0 fully saturated rings. The van der Waals surface area contributed by atoms with Gasteiger partial charge in [-0.15, -0.1) is 22.7 Å². The maximum atomic E-state index is 11.8. The van der Waals surface area contributed by atoms with E-state index in [4.69, 9.17) is 46.4 Å². The standard InChI is InChI=1S/2C13H12Cl2N2OS/c2*1-2-13(12(15)18)4-3-7-8(5-13)19-11-9(7)10(14)16-6-17-11/h2*6H,2-5H2,1H3. The molecule has 0 N–H and O–H groups in total. The lowest BCUT2D eigenvalue weighted by Gasteiger charge is -2.32. The third-order valence-corrected chi connectivity index (χ3v) is 11.8. The smallest absolute Gasteiger partial charge is 0.228 e. The van der Waals surface area contributed by atoms with Gasteiger partial charge in [-0.2, -0.15) is 0 Å². The van der Waals surface area contributed by atoms with Gasteiger partial charge < -0.3 is 0 Å². The van der Waals surface area contributed by atoms with Crippen LogP contribution in [0.1, 0.15) is 60.4 Å². The van der Waals surface area contributed by atoms with Crippen molar-refractivity contribution < 1.29 is 9.59 Å². The van der Waals surface area contributed by atoms with Gasteiger partial charge in [-0.1, -0.05) is 37.0 Å². The molecule has 12 heteroatoms. The fourth-order valence-electron chi connectivity index (χ4n) is 5.55. The summed E-state index contributed by atoms with van der Waals surface area (Å²) in [6.45, 7) is 4.04. The normalized spacial score (nSPS) is 22.5. The number of fused-ring (bicyclic) bond motifs is 6. The molecule has 0 bridgehead atoms. The van der Waals surface area contributed by atoms with Crippen molar-refractivity contribution in [2.24, 2.45) is 10.8 Å². The zero-order chi connectivity index (χ0) is 27.2. The van der Waals surface area contributed by atoms with E-state index in [-0.39, 0.29) is 10.5 Å². The number of aryl methyl sites for hydroxylation is 2. The van der Waals surface area contributed by atoms with Crippen molar-refractivity contribution in [1.29, 1.82) is 0 Å². The van der Waals surface area contributed by atoms with Gasteiger partial charge >= 0.3 is 0 Å². The molecule has 0 saturated carbocycles. The highest BCUT2D eigenvalue weighted by Gasteiger charge is 2.41. The summed E-state index contributed by atoms with van der Waals surface area (Å²) < 4.78 is 0. The minimum Gasteiger partial charge on any atom is -0.281 e. The summed E-state index contributed by atoms with van der Waals surface area (Å²) in [5.74, 6) is 0. The molecule has 2 aliphatic carbocycles. The summed E-state index contributed by atoms with van der Waals surface area (Å²) in [4.78, 5) is 44.3. The number of carbonyl (C=O) groups is 2. The summed E-state index contributed by atoms with van der Waals surface area (Å²) in [5, 5.41) is 2.46. The Kier molecular flexibility index (Phi) is 8.04. The lowest BCUT2D eigenvalue weighted by atomic mass is 9.73. The fraction of sp³-hybridized carbons (Fsp3) is 0.462. The quantitative estimate of drug-likeness (QED) is 0.168. The van der Waals surface area contributed by atoms with E-state index in [1.165, 1.54) is 33.5 Å². The Morgan fingerprint density at radius 2 is 1.16 bits per heavy atom. The van der Waals surface area contributed by atoms with Crippen LogP contribution in [0.5, 0.6) is 0 Å². The largest absolute Gasteiger partial charge is 0.281 e. The zero-order valence-corrected chi connectivity index (χ0v) is 25.4. The van der Waals surface area contributed by atoms with Gasteiger partial charge in [0.2, 0.25) is 10.5 Å². The van der Waals surface area contributed by atoms with E-state index >= 15 is 0 Å². The zero-order valence-electron chi connectivity index (χ0n) is 20.7. The number of hydrogen-bond donors (Lipinski definition) is 0. The number of nitrogens with zero attached hydrogens (tertiary/aromatic N) is 4. The molecule has 2 aliphatic rings. The molecule has 0 amide bonds. The summed E-state index contributed by atoms with van der Waals surface area (Å²) in [6.07, 6.45) is 9.05. The average Bonchev–Trinajstić information content (AvgIpc) is 3.46. The highest BCUT2D eigenvalue weighted by molar-refractivity contribution is 7.19. The molecule has 4 aromatic rings. The maximum absolute atomic E-state index is 11.8. The highest BCUT2D eigenvalue weighted by Crippen LogP contribution is 2.47. The highest BCUT2D eigenvalue weighted by atomic mass is 35.5. The molecule has 200 valence electrons. The first-order valence-corrected chi connectivity index (χ1v) is 15.5. The van der Waals surface area contributed by atoms with Crippen LogP contribution in [-0.4, -0.2) is 30.4 Å². The summed E-state index contributed by atoms with van der Waals surface area (Å²) in [5.41, 5.74) is 1.56. The van der Waals surface area contributed by atoms with E-state index < -0.39 is 10.8 Å². The van der Waals surface area contributed by atoms with Crippen molar-refractivity contribution in [3.63, 3.8) is 0 Å². The van der Waals surface area contributed by atoms with Crippen LogP contribution in [0.4, 0.5) is 0 Å². The third-order valence-electron chi connectivity index (χ3n) is 8.14. The van der Waals surface area contributed by atoms with Crippen LogP contribution in [0.2, 0.25) is 10.3 Å². The number of rotatable bonds is 4. The molecule has 0 radical (unpaired) electrons. The van der Waals surface area contributed by atoms with E-state index in [1.54, 1.807) is 22.7 Å². The number of hydrogen-bond acceptors (Lipinski definition) is 8. The molecule has 4 heterocycles. The Morgan fingerprint density at radius 1 is 0.763 bits per heavy atom. The predicted octanol–water partition coefficient (Wildman–Crippen LogP) is 7.99. The van der Waals surface area contributed by atoms with Gasteiger partial charge in [0, 0.05) is 20.6 Å². The Hall–Kier alpha value is -1.42. The van der Waals surface area contributed by atoms with Crippen molar-refractivity contribution in [3.05, 3.63) is 43.8 Å². The van der Waals surface area contributed by atoms with Gasteiger partial charge in [0.25, 0.3) is 0 Å². The fourth-order valence-corrected chi connectivity index (χ4v) is 9.41. The van der Waals surface area contributed by atoms with E-state index in [9.17, 15) is 9.59 Å². The van der Waals surface area contributed by atoms with Gasteiger partial charge in [0.1, 0.15) is 32.6 Å². The molecule has 2 unspecified atom stereocenters. The first-order valence-electron chi connectivity index (χ1n) is 12.4. The van der Waals surface area contributed by atoms with Crippen LogP contribution in [0, 0.1) is 10.8 Å². The Balaban J connectivity index is 0.000000155. The SMILES string of the molecule is CCC1(C(=O)Cl)CCc2c(sc3ncnc(Cl)c23)C1.CCC1(C(=O)Cl)CCc2c(sc3ncnc(Cl)c23)C1. The monoisotopic (exact) mass is 628 g/mol. The number of halogens is 4. The molecule has 2 atom stereocenters. The predicted molar refractivity (Wildman–Crippen MR) is 156 cm³/mol. The molecular formula is C26H24Cl4N4O2S2. The van der Waals surface area contributed by atoms with Crippen molar-refractivity contribution in [3.8, 4) is 0 Å². The third kappa shape index (κ3) is 4.75. The topological polar surface area (TPSA) is 85.7 Å². The molecule has 4 aromatic heterocycles. The van der Waals surface area contributed by atoms with Gasteiger partial charge in [0.15, 0.2) is 0 Å².